The van der Waals surface area contributed by atoms with Crippen LogP contribution in [0.3, 0.4) is 0 Å². The molecule has 4 amide bonds. The Morgan fingerprint density at radius 1 is 0.844 bits per heavy atom. The Labute approximate surface area is 185 Å². The van der Waals surface area contributed by atoms with Gasteiger partial charge in [0.1, 0.15) is 18.1 Å². The number of nitrogens with two attached hydrogens (primary N) is 2. The Kier molecular flexibility index (Phi) is 12.6. The predicted octanol–water partition coefficient (Wildman–Crippen LogP) is -1.95. The fourth-order valence-electron chi connectivity index (χ4n) is 2.59. The molecule has 13 nitrogen and oxygen atoms in total. The zero-order valence-corrected chi connectivity index (χ0v) is 18.4. The maximum absolute atomic E-state index is 12.6. The largest absolute Gasteiger partial charge is 0.481 e. The summed E-state index contributed by atoms with van der Waals surface area (Å²) in [6, 6.07) is -4.80. The topological polar surface area (TPSA) is 231 Å². The zero-order valence-electron chi connectivity index (χ0n) is 18.4. The highest BCUT2D eigenvalue weighted by molar-refractivity contribution is 5.94. The van der Waals surface area contributed by atoms with Gasteiger partial charge in [-0.15, -0.1) is 0 Å². The molecule has 0 heterocycles. The van der Waals surface area contributed by atoms with Gasteiger partial charge < -0.3 is 37.6 Å². The Balaban J connectivity index is 5.16. The van der Waals surface area contributed by atoms with Gasteiger partial charge in [0.05, 0.1) is 6.04 Å². The van der Waals surface area contributed by atoms with Gasteiger partial charge in [0, 0.05) is 12.8 Å². The minimum absolute atomic E-state index is 0.0700. The molecule has 0 aliphatic rings. The molecule has 0 aromatic rings. The molecule has 0 aliphatic carbocycles. The van der Waals surface area contributed by atoms with E-state index in [1.54, 1.807) is 13.8 Å². The standard InChI is InChI=1S/C19H33N5O8/c1-4-9(2)15(19(31)32)24-16(28)10(3)22-18(30)12(6-8-14(26)27)23-17(29)11(20)5-7-13(21)25/h9-12,15H,4-8,20H2,1-3H3,(H2,21,25)(H,22,30)(H,23,29)(H,24,28)(H,26,27)(H,31,32). The lowest BCUT2D eigenvalue weighted by molar-refractivity contribution is -0.143. The van der Waals surface area contributed by atoms with Crippen molar-refractivity contribution in [2.24, 2.45) is 17.4 Å². The number of rotatable bonds is 15. The van der Waals surface area contributed by atoms with E-state index >= 15 is 0 Å². The molecule has 0 aliphatic heterocycles. The lowest BCUT2D eigenvalue weighted by atomic mass is 9.99. The van der Waals surface area contributed by atoms with Crippen molar-refractivity contribution >= 4 is 35.6 Å². The number of carboxylic acid groups (broad SMARTS) is 2. The van der Waals surface area contributed by atoms with E-state index in [1.807, 2.05) is 0 Å². The van der Waals surface area contributed by atoms with Crippen LogP contribution in [0.25, 0.3) is 0 Å². The van der Waals surface area contributed by atoms with Gasteiger partial charge in [0.25, 0.3) is 0 Å². The van der Waals surface area contributed by atoms with Crippen LogP contribution in [0.4, 0.5) is 0 Å². The minimum atomic E-state index is -1.32. The number of amides is 4. The third-order valence-electron chi connectivity index (χ3n) is 4.85. The highest BCUT2D eigenvalue weighted by atomic mass is 16.4. The van der Waals surface area contributed by atoms with E-state index < -0.39 is 66.2 Å². The molecule has 32 heavy (non-hydrogen) atoms. The van der Waals surface area contributed by atoms with Gasteiger partial charge in [-0.05, 0) is 25.7 Å². The molecule has 0 fully saturated rings. The highest BCUT2D eigenvalue weighted by Crippen LogP contribution is 2.08. The zero-order chi connectivity index (χ0) is 25.0. The van der Waals surface area contributed by atoms with E-state index in [9.17, 15) is 33.9 Å². The minimum Gasteiger partial charge on any atom is -0.481 e. The second-order valence-electron chi connectivity index (χ2n) is 7.55. The van der Waals surface area contributed by atoms with Gasteiger partial charge in [-0.3, -0.25) is 24.0 Å². The van der Waals surface area contributed by atoms with Crippen molar-refractivity contribution < 1.29 is 39.0 Å². The molecule has 182 valence electrons. The van der Waals surface area contributed by atoms with Crippen LogP contribution in [0.5, 0.6) is 0 Å². The van der Waals surface area contributed by atoms with Crippen LogP contribution in [-0.2, 0) is 28.8 Å². The summed E-state index contributed by atoms with van der Waals surface area (Å²) in [6.45, 7) is 4.74. The molecule has 0 saturated heterocycles. The fraction of sp³-hybridized carbons (Fsp3) is 0.684. The number of aliphatic carboxylic acids is 2. The van der Waals surface area contributed by atoms with Crippen molar-refractivity contribution in [3.05, 3.63) is 0 Å². The summed E-state index contributed by atoms with van der Waals surface area (Å²) in [6.07, 6.45) is -0.464. The molecule has 0 aromatic carbocycles. The van der Waals surface area contributed by atoms with Crippen LogP contribution >= 0.6 is 0 Å². The van der Waals surface area contributed by atoms with Crippen LogP contribution in [0.1, 0.15) is 52.9 Å². The summed E-state index contributed by atoms with van der Waals surface area (Å²) < 4.78 is 0. The van der Waals surface area contributed by atoms with Crippen molar-refractivity contribution in [3.8, 4) is 0 Å². The first-order valence-corrected chi connectivity index (χ1v) is 10.2. The lowest BCUT2D eigenvalue weighted by Crippen LogP contribution is -2.57. The summed E-state index contributed by atoms with van der Waals surface area (Å²) in [5, 5.41) is 25.2. The van der Waals surface area contributed by atoms with Gasteiger partial charge in [0.2, 0.25) is 23.6 Å². The summed E-state index contributed by atoms with van der Waals surface area (Å²) >= 11 is 0. The van der Waals surface area contributed by atoms with Gasteiger partial charge in [0.15, 0.2) is 0 Å². The second-order valence-corrected chi connectivity index (χ2v) is 7.55. The third kappa shape index (κ3) is 10.7. The molecule has 0 aromatic heterocycles. The van der Waals surface area contributed by atoms with E-state index in [1.165, 1.54) is 6.92 Å². The molecule has 0 radical (unpaired) electrons. The van der Waals surface area contributed by atoms with Crippen LogP contribution in [-0.4, -0.2) is 69.9 Å². The van der Waals surface area contributed by atoms with E-state index in [-0.39, 0.29) is 25.2 Å². The number of carbonyl (C=O) groups is 6. The Bertz CT molecular complexity index is 714. The molecule has 5 atom stereocenters. The van der Waals surface area contributed by atoms with Crippen LogP contribution in [0.2, 0.25) is 0 Å². The second kappa shape index (κ2) is 14.0. The smallest absolute Gasteiger partial charge is 0.326 e. The number of carbonyl (C=O) groups excluding carboxylic acids is 4. The van der Waals surface area contributed by atoms with Crippen molar-refractivity contribution in [3.63, 3.8) is 0 Å². The lowest BCUT2D eigenvalue weighted by Gasteiger charge is -2.24. The monoisotopic (exact) mass is 459 g/mol. The molecule has 0 saturated carbocycles. The summed E-state index contributed by atoms with van der Waals surface area (Å²) in [5.41, 5.74) is 10.7. The maximum Gasteiger partial charge on any atom is 0.326 e. The van der Waals surface area contributed by atoms with E-state index in [4.69, 9.17) is 16.6 Å². The Morgan fingerprint density at radius 3 is 1.91 bits per heavy atom. The number of primary amides is 1. The van der Waals surface area contributed by atoms with E-state index in [0.717, 1.165) is 0 Å². The quantitative estimate of drug-likeness (QED) is 0.144. The molecule has 5 unspecified atom stereocenters. The van der Waals surface area contributed by atoms with Crippen molar-refractivity contribution in [1.29, 1.82) is 0 Å². The van der Waals surface area contributed by atoms with Gasteiger partial charge in [-0.25, -0.2) is 4.79 Å². The molecule has 0 rings (SSSR count). The first kappa shape index (κ1) is 28.8. The highest BCUT2D eigenvalue weighted by Gasteiger charge is 2.30. The van der Waals surface area contributed by atoms with Crippen molar-refractivity contribution in [2.45, 2.75) is 77.0 Å². The average Bonchev–Trinajstić information content (AvgIpc) is 2.71. The maximum atomic E-state index is 12.6. The summed E-state index contributed by atoms with van der Waals surface area (Å²) in [7, 11) is 0. The Morgan fingerprint density at radius 2 is 1.44 bits per heavy atom. The van der Waals surface area contributed by atoms with Gasteiger partial charge >= 0.3 is 11.9 Å². The fourth-order valence-corrected chi connectivity index (χ4v) is 2.59. The molecular formula is C19H33N5O8. The Hall–Kier alpha value is -3.22. The van der Waals surface area contributed by atoms with E-state index in [2.05, 4.69) is 16.0 Å². The molecule has 9 N–H and O–H groups in total. The molecule has 0 spiro atoms. The number of carboxylic acids is 2. The molecule has 13 heteroatoms. The van der Waals surface area contributed by atoms with Crippen molar-refractivity contribution in [2.75, 3.05) is 0 Å². The van der Waals surface area contributed by atoms with Crippen molar-refractivity contribution in [1.82, 2.24) is 16.0 Å². The van der Waals surface area contributed by atoms with Crippen LogP contribution in [0.15, 0.2) is 0 Å². The van der Waals surface area contributed by atoms with Crippen LogP contribution in [0, 0.1) is 5.92 Å². The molecule has 0 bridgehead atoms. The first-order valence-electron chi connectivity index (χ1n) is 10.2. The summed E-state index contributed by atoms with van der Waals surface area (Å²) in [5.74, 6) is -5.85. The number of nitrogens with one attached hydrogen (secondary N) is 3. The third-order valence-corrected chi connectivity index (χ3v) is 4.85. The molecular weight excluding hydrogens is 426 g/mol. The SMILES string of the molecule is CCC(C)C(NC(=O)C(C)NC(=O)C(CCC(=O)O)NC(=O)C(N)CCC(N)=O)C(=O)O. The summed E-state index contributed by atoms with van der Waals surface area (Å²) in [4.78, 5) is 70.2. The van der Waals surface area contributed by atoms with Gasteiger partial charge in [-0.1, -0.05) is 20.3 Å². The number of hydrogen-bond acceptors (Lipinski definition) is 7. The average molecular weight is 460 g/mol. The predicted molar refractivity (Wildman–Crippen MR) is 112 cm³/mol. The number of hydrogen-bond donors (Lipinski definition) is 7. The first-order chi connectivity index (χ1) is 14.8. The van der Waals surface area contributed by atoms with Crippen LogP contribution < -0.4 is 27.4 Å². The normalized spacial score (nSPS) is 15.4. The van der Waals surface area contributed by atoms with Gasteiger partial charge in [-0.2, -0.15) is 0 Å². The van der Waals surface area contributed by atoms with E-state index in [0.29, 0.717) is 6.42 Å².